The lowest BCUT2D eigenvalue weighted by atomic mass is 10.2. The van der Waals surface area contributed by atoms with E-state index in [4.69, 9.17) is 18.6 Å². The highest BCUT2D eigenvalue weighted by Gasteiger charge is 2.12. The summed E-state index contributed by atoms with van der Waals surface area (Å²) < 4.78 is 25.8. The molecule has 7 nitrogen and oxygen atoms in total. The largest absolute Gasteiger partial charge is 0.493 e. The van der Waals surface area contributed by atoms with E-state index in [0.29, 0.717) is 17.3 Å². The molecule has 1 heterocycles. The third-order valence-corrected chi connectivity index (χ3v) is 3.37. The normalized spacial score (nSPS) is 10.9. The molecule has 0 unspecified atom stereocenters. The van der Waals surface area contributed by atoms with Crippen LogP contribution in [0.3, 0.4) is 0 Å². The molecular weight excluding hydrogens is 352 g/mol. The van der Waals surface area contributed by atoms with Gasteiger partial charge in [0.05, 0.1) is 20.3 Å². The van der Waals surface area contributed by atoms with Gasteiger partial charge in [-0.05, 0) is 49.8 Å². The summed E-state index contributed by atoms with van der Waals surface area (Å²) in [7, 11) is 2.81. The summed E-state index contributed by atoms with van der Waals surface area (Å²) in [5.41, 5.74) is 0.755. The molecule has 0 spiro atoms. The SMILES string of the molecule is COC(=O)c1ccc(COC(=O)/C=C/c2ccc(OC(C)C)c(OC)c2)o1. The van der Waals surface area contributed by atoms with Crippen molar-refractivity contribution >= 4 is 18.0 Å². The van der Waals surface area contributed by atoms with Crippen LogP contribution < -0.4 is 9.47 Å². The minimum Gasteiger partial charge on any atom is -0.493 e. The molecule has 27 heavy (non-hydrogen) atoms. The Bertz CT molecular complexity index is 817. The molecule has 0 amide bonds. The van der Waals surface area contributed by atoms with Gasteiger partial charge in [0.25, 0.3) is 0 Å². The van der Waals surface area contributed by atoms with Gasteiger partial charge in [0.2, 0.25) is 5.76 Å². The summed E-state index contributed by atoms with van der Waals surface area (Å²) >= 11 is 0. The van der Waals surface area contributed by atoms with Gasteiger partial charge in [-0.15, -0.1) is 0 Å². The molecule has 144 valence electrons. The Kier molecular flexibility index (Phi) is 7.05. The minimum atomic E-state index is -0.591. The van der Waals surface area contributed by atoms with Crippen LogP contribution in [0.25, 0.3) is 6.08 Å². The third-order valence-electron chi connectivity index (χ3n) is 3.37. The van der Waals surface area contributed by atoms with Crippen molar-refractivity contribution < 1.29 is 33.0 Å². The molecule has 2 rings (SSSR count). The number of hydrogen-bond donors (Lipinski definition) is 0. The first kappa shape index (κ1) is 20.1. The maximum absolute atomic E-state index is 11.9. The van der Waals surface area contributed by atoms with Crippen LogP contribution in [0.5, 0.6) is 11.5 Å². The van der Waals surface area contributed by atoms with E-state index in [-0.39, 0.29) is 18.5 Å². The van der Waals surface area contributed by atoms with E-state index >= 15 is 0 Å². The lowest BCUT2D eigenvalue weighted by molar-refractivity contribution is -0.139. The molecular formula is C20H22O7. The molecule has 0 fully saturated rings. The smallest absolute Gasteiger partial charge is 0.373 e. The second-order valence-corrected chi connectivity index (χ2v) is 5.78. The van der Waals surface area contributed by atoms with Crippen molar-refractivity contribution in [2.24, 2.45) is 0 Å². The van der Waals surface area contributed by atoms with Gasteiger partial charge in [-0.3, -0.25) is 0 Å². The van der Waals surface area contributed by atoms with E-state index in [9.17, 15) is 9.59 Å². The zero-order chi connectivity index (χ0) is 19.8. The molecule has 2 aromatic rings. The highest BCUT2D eigenvalue weighted by molar-refractivity contribution is 5.87. The number of methoxy groups -OCH3 is 2. The maximum Gasteiger partial charge on any atom is 0.373 e. The first-order valence-electron chi connectivity index (χ1n) is 8.29. The van der Waals surface area contributed by atoms with Crippen molar-refractivity contribution in [2.75, 3.05) is 14.2 Å². The number of benzene rings is 1. The van der Waals surface area contributed by atoms with Crippen LogP contribution in [-0.4, -0.2) is 32.3 Å². The Hall–Kier alpha value is -3.22. The molecule has 0 N–H and O–H groups in total. The summed E-state index contributed by atoms with van der Waals surface area (Å²) in [5, 5.41) is 0. The van der Waals surface area contributed by atoms with Crippen LogP contribution in [0.4, 0.5) is 0 Å². The number of esters is 2. The van der Waals surface area contributed by atoms with E-state index in [2.05, 4.69) is 4.74 Å². The second kappa shape index (κ2) is 9.47. The van der Waals surface area contributed by atoms with Crippen molar-refractivity contribution in [1.82, 2.24) is 0 Å². The number of furan rings is 1. The Morgan fingerprint density at radius 2 is 1.89 bits per heavy atom. The average Bonchev–Trinajstić information content (AvgIpc) is 3.13. The number of carbonyl (C=O) groups excluding carboxylic acids is 2. The second-order valence-electron chi connectivity index (χ2n) is 5.78. The average molecular weight is 374 g/mol. The van der Waals surface area contributed by atoms with Gasteiger partial charge in [0.1, 0.15) is 12.4 Å². The van der Waals surface area contributed by atoms with Gasteiger partial charge in [-0.25, -0.2) is 9.59 Å². The van der Waals surface area contributed by atoms with E-state index < -0.39 is 11.9 Å². The number of carbonyl (C=O) groups is 2. The molecule has 0 saturated carbocycles. The van der Waals surface area contributed by atoms with Crippen molar-refractivity contribution in [2.45, 2.75) is 26.6 Å². The van der Waals surface area contributed by atoms with E-state index in [1.165, 1.54) is 19.3 Å². The van der Waals surface area contributed by atoms with Gasteiger partial charge < -0.3 is 23.4 Å². The zero-order valence-corrected chi connectivity index (χ0v) is 15.7. The van der Waals surface area contributed by atoms with Crippen LogP contribution >= 0.6 is 0 Å². The first-order valence-corrected chi connectivity index (χ1v) is 8.29. The predicted molar refractivity (Wildman–Crippen MR) is 97.6 cm³/mol. The molecule has 0 atom stereocenters. The molecule has 1 aromatic heterocycles. The Labute approximate surface area is 157 Å². The summed E-state index contributed by atoms with van der Waals surface area (Å²) in [4.78, 5) is 23.2. The van der Waals surface area contributed by atoms with Crippen molar-refractivity contribution in [1.29, 1.82) is 0 Å². The fourth-order valence-corrected chi connectivity index (χ4v) is 2.16. The monoisotopic (exact) mass is 374 g/mol. The van der Waals surface area contributed by atoms with E-state index in [1.807, 2.05) is 13.8 Å². The highest BCUT2D eigenvalue weighted by Crippen LogP contribution is 2.29. The number of hydrogen-bond acceptors (Lipinski definition) is 7. The topological polar surface area (TPSA) is 84.2 Å². The van der Waals surface area contributed by atoms with Gasteiger partial charge in [-0.2, -0.15) is 0 Å². The van der Waals surface area contributed by atoms with Gasteiger partial charge in [-0.1, -0.05) is 6.07 Å². The first-order chi connectivity index (χ1) is 12.9. The fourth-order valence-electron chi connectivity index (χ4n) is 2.16. The molecule has 0 aliphatic heterocycles. The Balaban J connectivity index is 1.94. The quantitative estimate of drug-likeness (QED) is 0.515. The third kappa shape index (κ3) is 5.91. The summed E-state index contributed by atoms with van der Waals surface area (Å²) in [6, 6.07) is 8.34. The van der Waals surface area contributed by atoms with Crippen molar-refractivity contribution in [3.05, 3.63) is 53.5 Å². The van der Waals surface area contributed by atoms with Gasteiger partial charge >= 0.3 is 11.9 Å². The molecule has 0 aliphatic carbocycles. The molecule has 0 aliphatic rings. The summed E-state index contributed by atoms with van der Waals surface area (Å²) in [6.07, 6.45) is 2.92. The Morgan fingerprint density at radius 1 is 1.11 bits per heavy atom. The van der Waals surface area contributed by atoms with Gasteiger partial charge in [0, 0.05) is 6.08 Å². The van der Waals surface area contributed by atoms with Crippen molar-refractivity contribution in [3.63, 3.8) is 0 Å². The van der Waals surface area contributed by atoms with Crippen LogP contribution in [0.2, 0.25) is 0 Å². The summed E-state index contributed by atoms with van der Waals surface area (Å²) in [6.45, 7) is 3.76. The zero-order valence-electron chi connectivity index (χ0n) is 15.7. The standard InChI is InChI=1S/C20H22O7/c1-13(2)26-16-8-5-14(11-18(16)23-3)6-10-19(21)25-12-15-7-9-17(27-15)20(22)24-4/h5-11,13H,12H2,1-4H3/b10-6+. The molecule has 0 bridgehead atoms. The predicted octanol–water partition coefficient (Wildman–Crippen LogP) is 3.62. The molecule has 1 aromatic carbocycles. The summed E-state index contributed by atoms with van der Waals surface area (Å²) in [5.74, 6) is 0.458. The van der Waals surface area contributed by atoms with E-state index in [0.717, 1.165) is 5.56 Å². The number of rotatable bonds is 8. The minimum absolute atomic E-state index is 0.0246. The molecule has 0 saturated heterocycles. The van der Waals surface area contributed by atoms with Gasteiger partial charge in [0.15, 0.2) is 11.5 Å². The maximum atomic E-state index is 11.9. The fraction of sp³-hybridized carbons (Fsp3) is 0.300. The van der Waals surface area contributed by atoms with Crippen molar-refractivity contribution in [3.8, 4) is 11.5 Å². The van der Waals surface area contributed by atoms with Crippen LogP contribution in [0.1, 0.15) is 35.7 Å². The van der Waals surface area contributed by atoms with Crippen LogP contribution in [0, 0.1) is 0 Å². The van der Waals surface area contributed by atoms with E-state index in [1.54, 1.807) is 37.5 Å². The van der Waals surface area contributed by atoms with Crippen LogP contribution in [-0.2, 0) is 20.9 Å². The highest BCUT2D eigenvalue weighted by atomic mass is 16.6. The lowest BCUT2D eigenvalue weighted by Crippen LogP contribution is -2.06. The van der Waals surface area contributed by atoms with Crippen LogP contribution in [0.15, 0.2) is 40.8 Å². The lowest BCUT2D eigenvalue weighted by Gasteiger charge is -2.13. The molecule has 0 radical (unpaired) electrons. The Morgan fingerprint density at radius 3 is 2.56 bits per heavy atom. The molecule has 7 heteroatoms. The number of ether oxygens (including phenoxy) is 4.